The van der Waals surface area contributed by atoms with Crippen molar-refractivity contribution in [3.63, 3.8) is 0 Å². The molecule has 0 bridgehead atoms. The first-order chi connectivity index (χ1) is 7.50. The van der Waals surface area contributed by atoms with Crippen LogP contribution in [0.25, 0.3) is 0 Å². The second kappa shape index (κ2) is 5.63. The molecule has 1 unspecified atom stereocenters. The van der Waals surface area contributed by atoms with Crippen LogP contribution in [0.5, 0.6) is 0 Å². The predicted molar refractivity (Wildman–Crippen MR) is 62.7 cm³/mol. The van der Waals surface area contributed by atoms with Gasteiger partial charge in [-0.3, -0.25) is 4.79 Å². The fourth-order valence-corrected chi connectivity index (χ4v) is 3.69. The van der Waals surface area contributed by atoms with E-state index in [1.807, 2.05) is 6.92 Å². The van der Waals surface area contributed by atoms with Gasteiger partial charge >= 0.3 is 0 Å². The summed E-state index contributed by atoms with van der Waals surface area (Å²) in [7, 11) is -2.97. The Balaban J connectivity index is 2.55. The first kappa shape index (κ1) is 13.4. The molecule has 1 atom stereocenters. The highest BCUT2D eigenvalue weighted by molar-refractivity contribution is 7.91. The Morgan fingerprint density at radius 2 is 2.19 bits per heavy atom. The number of hydrogen-bond acceptors (Lipinski definition) is 4. The Labute approximate surface area is 96.9 Å². The lowest BCUT2D eigenvalue weighted by Crippen LogP contribution is -2.37. The average Bonchev–Trinajstić information content (AvgIpc) is 2.59. The van der Waals surface area contributed by atoms with E-state index in [4.69, 9.17) is 5.73 Å². The molecule has 0 aromatic rings. The summed E-state index contributed by atoms with van der Waals surface area (Å²) in [4.78, 5) is 13.7. The summed E-state index contributed by atoms with van der Waals surface area (Å²) in [6.45, 7) is 3.70. The van der Waals surface area contributed by atoms with Gasteiger partial charge in [0.25, 0.3) is 0 Å². The van der Waals surface area contributed by atoms with Crippen molar-refractivity contribution in [2.75, 3.05) is 31.1 Å². The van der Waals surface area contributed by atoms with Gasteiger partial charge in [-0.2, -0.15) is 0 Å². The molecular formula is C10H20N2O3S. The Hall–Kier alpha value is -0.620. The highest BCUT2D eigenvalue weighted by Crippen LogP contribution is 2.20. The molecule has 0 saturated carbocycles. The van der Waals surface area contributed by atoms with Crippen LogP contribution in [0.15, 0.2) is 0 Å². The van der Waals surface area contributed by atoms with Crippen molar-refractivity contribution in [3.8, 4) is 0 Å². The van der Waals surface area contributed by atoms with Gasteiger partial charge in [-0.1, -0.05) is 0 Å². The smallest absolute Gasteiger partial charge is 0.226 e. The van der Waals surface area contributed by atoms with E-state index in [2.05, 4.69) is 0 Å². The fraction of sp³-hybridized carbons (Fsp3) is 0.900. The quantitative estimate of drug-likeness (QED) is 0.719. The van der Waals surface area contributed by atoms with Crippen molar-refractivity contribution < 1.29 is 13.2 Å². The fourth-order valence-electron chi connectivity index (χ4n) is 1.95. The number of nitrogens with two attached hydrogens (primary N) is 1. The minimum Gasteiger partial charge on any atom is -0.343 e. The Kier molecular flexibility index (Phi) is 4.73. The third-order valence-corrected chi connectivity index (χ3v) is 4.68. The Bertz CT molecular complexity index is 340. The lowest BCUT2D eigenvalue weighted by molar-refractivity contribution is -0.134. The maximum atomic E-state index is 12.0. The molecule has 1 rings (SSSR count). The van der Waals surface area contributed by atoms with Gasteiger partial charge in [0, 0.05) is 13.1 Å². The van der Waals surface area contributed by atoms with Gasteiger partial charge in [0.2, 0.25) is 5.91 Å². The molecule has 16 heavy (non-hydrogen) atoms. The van der Waals surface area contributed by atoms with E-state index in [0.717, 1.165) is 6.42 Å². The predicted octanol–water partition coefficient (Wildman–Crippen LogP) is -0.382. The summed E-state index contributed by atoms with van der Waals surface area (Å²) in [5.74, 6) is -0.192. The highest BCUT2D eigenvalue weighted by Gasteiger charge is 2.34. The SMILES string of the molecule is CCN(CCCN)C(=O)C1CCS(=O)(=O)C1. The lowest BCUT2D eigenvalue weighted by atomic mass is 10.1. The van der Waals surface area contributed by atoms with Crippen LogP contribution < -0.4 is 5.73 Å². The molecule has 6 heteroatoms. The van der Waals surface area contributed by atoms with Crippen LogP contribution in [0.1, 0.15) is 19.8 Å². The van der Waals surface area contributed by atoms with Crippen LogP contribution in [-0.2, 0) is 14.6 Å². The number of carbonyl (C=O) groups is 1. The number of carbonyl (C=O) groups excluding carboxylic acids is 1. The van der Waals surface area contributed by atoms with Crippen molar-refractivity contribution in [1.82, 2.24) is 4.90 Å². The molecule has 0 radical (unpaired) electrons. The highest BCUT2D eigenvalue weighted by atomic mass is 32.2. The van der Waals surface area contributed by atoms with Crippen LogP contribution in [0, 0.1) is 5.92 Å². The maximum absolute atomic E-state index is 12.0. The molecule has 1 fully saturated rings. The normalized spacial score (nSPS) is 23.2. The van der Waals surface area contributed by atoms with Gasteiger partial charge in [0.05, 0.1) is 17.4 Å². The topological polar surface area (TPSA) is 80.5 Å². The van der Waals surface area contributed by atoms with E-state index < -0.39 is 9.84 Å². The zero-order valence-corrected chi connectivity index (χ0v) is 10.5. The molecule has 0 aromatic carbocycles. The number of sulfone groups is 1. The first-order valence-corrected chi connectivity index (χ1v) is 7.51. The molecule has 1 amide bonds. The first-order valence-electron chi connectivity index (χ1n) is 5.69. The van der Waals surface area contributed by atoms with Crippen LogP contribution in [0.4, 0.5) is 0 Å². The standard InChI is InChI=1S/C10H20N2O3S/c1-2-12(6-3-5-11)10(13)9-4-7-16(14,15)8-9/h9H,2-8,11H2,1H3. The van der Waals surface area contributed by atoms with Crippen molar-refractivity contribution in [2.24, 2.45) is 11.7 Å². The van der Waals surface area contributed by atoms with E-state index in [0.29, 0.717) is 26.1 Å². The number of amides is 1. The molecule has 94 valence electrons. The molecule has 1 saturated heterocycles. The largest absolute Gasteiger partial charge is 0.343 e. The summed E-state index contributed by atoms with van der Waals surface area (Å²) in [5.41, 5.74) is 5.39. The number of rotatable bonds is 5. The summed E-state index contributed by atoms with van der Waals surface area (Å²) in [6.07, 6.45) is 1.24. The summed E-state index contributed by atoms with van der Waals surface area (Å²) < 4.78 is 22.6. The van der Waals surface area contributed by atoms with Crippen molar-refractivity contribution in [3.05, 3.63) is 0 Å². The van der Waals surface area contributed by atoms with Crippen LogP contribution in [-0.4, -0.2) is 50.4 Å². The second-order valence-electron chi connectivity index (χ2n) is 4.16. The van der Waals surface area contributed by atoms with E-state index in [9.17, 15) is 13.2 Å². The molecule has 2 N–H and O–H groups in total. The molecule has 5 nitrogen and oxygen atoms in total. The molecule has 0 spiro atoms. The summed E-state index contributed by atoms with van der Waals surface area (Å²) in [6, 6.07) is 0. The van der Waals surface area contributed by atoms with Crippen molar-refractivity contribution in [2.45, 2.75) is 19.8 Å². The molecular weight excluding hydrogens is 228 g/mol. The van der Waals surface area contributed by atoms with Crippen LogP contribution >= 0.6 is 0 Å². The van der Waals surface area contributed by atoms with E-state index in [1.165, 1.54) is 0 Å². The summed E-state index contributed by atoms with van der Waals surface area (Å²) in [5, 5.41) is 0. The van der Waals surface area contributed by atoms with Gasteiger partial charge in [-0.05, 0) is 26.3 Å². The van der Waals surface area contributed by atoms with E-state index in [-0.39, 0.29) is 23.3 Å². The summed E-state index contributed by atoms with van der Waals surface area (Å²) >= 11 is 0. The zero-order valence-electron chi connectivity index (χ0n) is 9.68. The number of nitrogens with zero attached hydrogens (tertiary/aromatic N) is 1. The zero-order chi connectivity index (χ0) is 12.2. The van der Waals surface area contributed by atoms with Gasteiger partial charge < -0.3 is 10.6 Å². The third kappa shape index (κ3) is 3.45. The van der Waals surface area contributed by atoms with Gasteiger partial charge in [0.1, 0.15) is 0 Å². The minimum absolute atomic E-state index is 0.0188. The number of hydrogen-bond donors (Lipinski definition) is 1. The molecule has 0 aliphatic carbocycles. The molecule has 0 aromatic heterocycles. The average molecular weight is 248 g/mol. The van der Waals surface area contributed by atoms with Crippen LogP contribution in [0.2, 0.25) is 0 Å². The Morgan fingerprint density at radius 1 is 1.50 bits per heavy atom. The third-order valence-electron chi connectivity index (χ3n) is 2.91. The van der Waals surface area contributed by atoms with Crippen molar-refractivity contribution >= 4 is 15.7 Å². The van der Waals surface area contributed by atoms with Crippen LogP contribution in [0.3, 0.4) is 0 Å². The van der Waals surface area contributed by atoms with Gasteiger partial charge in [-0.15, -0.1) is 0 Å². The monoisotopic (exact) mass is 248 g/mol. The Morgan fingerprint density at radius 3 is 2.62 bits per heavy atom. The van der Waals surface area contributed by atoms with E-state index >= 15 is 0 Å². The molecule has 1 aliphatic heterocycles. The maximum Gasteiger partial charge on any atom is 0.226 e. The van der Waals surface area contributed by atoms with Gasteiger partial charge in [0.15, 0.2) is 9.84 Å². The second-order valence-corrected chi connectivity index (χ2v) is 6.39. The van der Waals surface area contributed by atoms with Crippen molar-refractivity contribution in [1.29, 1.82) is 0 Å². The van der Waals surface area contributed by atoms with E-state index in [1.54, 1.807) is 4.90 Å². The lowest BCUT2D eigenvalue weighted by Gasteiger charge is -2.23. The van der Waals surface area contributed by atoms with Gasteiger partial charge in [-0.25, -0.2) is 8.42 Å². The molecule has 1 aliphatic rings. The molecule has 1 heterocycles. The minimum atomic E-state index is -2.97.